The van der Waals surface area contributed by atoms with Crippen molar-refractivity contribution in [3.05, 3.63) is 54.1 Å². The molecule has 0 fully saturated rings. The molecule has 4 N–H and O–H groups in total. The minimum absolute atomic E-state index is 0.142. The van der Waals surface area contributed by atoms with E-state index in [0.717, 1.165) is 0 Å². The minimum atomic E-state index is -0.423. The lowest BCUT2D eigenvalue weighted by Gasteiger charge is -2.14. The van der Waals surface area contributed by atoms with E-state index >= 15 is 0 Å². The second kappa shape index (κ2) is 5.42. The first-order chi connectivity index (χ1) is 8.66. The molecule has 0 amide bonds. The first-order valence-corrected chi connectivity index (χ1v) is 5.62. The number of benzene rings is 2. The molecule has 0 aliphatic rings. The van der Waals surface area contributed by atoms with Crippen molar-refractivity contribution < 1.29 is 14.9 Å². The molecule has 94 valence electrons. The SMILES string of the molecule is NC(COc1cccc(O)c1)c1ccccc1O. The van der Waals surface area contributed by atoms with Crippen LogP contribution in [0.15, 0.2) is 48.5 Å². The standard InChI is InChI=1S/C14H15NO3/c15-13(12-6-1-2-7-14(12)17)9-18-11-5-3-4-10(16)8-11/h1-8,13,16-17H,9,15H2. The van der Waals surface area contributed by atoms with Crippen molar-refractivity contribution in [3.63, 3.8) is 0 Å². The van der Waals surface area contributed by atoms with Crippen LogP contribution in [0.3, 0.4) is 0 Å². The van der Waals surface area contributed by atoms with Crippen LogP contribution >= 0.6 is 0 Å². The molecule has 4 nitrogen and oxygen atoms in total. The molecule has 2 aromatic carbocycles. The zero-order valence-electron chi connectivity index (χ0n) is 9.78. The number of hydrogen-bond acceptors (Lipinski definition) is 4. The average Bonchev–Trinajstić information content (AvgIpc) is 2.37. The Kier molecular flexibility index (Phi) is 3.69. The fraction of sp³-hybridized carbons (Fsp3) is 0.143. The quantitative estimate of drug-likeness (QED) is 0.771. The van der Waals surface area contributed by atoms with Crippen molar-refractivity contribution in [2.24, 2.45) is 5.73 Å². The zero-order valence-corrected chi connectivity index (χ0v) is 9.78. The highest BCUT2D eigenvalue weighted by atomic mass is 16.5. The number of ether oxygens (including phenoxy) is 1. The molecule has 2 aromatic rings. The molecule has 2 rings (SSSR count). The molecule has 0 heterocycles. The molecule has 0 saturated carbocycles. The molecule has 18 heavy (non-hydrogen) atoms. The topological polar surface area (TPSA) is 75.7 Å². The van der Waals surface area contributed by atoms with Gasteiger partial charge in [-0.25, -0.2) is 0 Å². The summed E-state index contributed by atoms with van der Waals surface area (Å²) < 4.78 is 5.46. The van der Waals surface area contributed by atoms with Crippen LogP contribution < -0.4 is 10.5 Å². The van der Waals surface area contributed by atoms with E-state index in [4.69, 9.17) is 10.5 Å². The highest BCUT2D eigenvalue weighted by Gasteiger charge is 2.10. The zero-order chi connectivity index (χ0) is 13.0. The number of hydrogen-bond donors (Lipinski definition) is 3. The second-order valence-corrected chi connectivity index (χ2v) is 3.97. The molecule has 0 bridgehead atoms. The number of nitrogens with two attached hydrogens (primary N) is 1. The van der Waals surface area contributed by atoms with Crippen LogP contribution in [0, 0.1) is 0 Å². The average molecular weight is 245 g/mol. The van der Waals surface area contributed by atoms with Gasteiger partial charge in [0.2, 0.25) is 0 Å². The Balaban J connectivity index is 2.00. The summed E-state index contributed by atoms with van der Waals surface area (Å²) in [7, 11) is 0. The Morgan fingerprint density at radius 3 is 2.56 bits per heavy atom. The Morgan fingerprint density at radius 2 is 1.83 bits per heavy atom. The Labute approximate surface area is 105 Å². The molecular formula is C14H15NO3. The van der Waals surface area contributed by atoms with Crippen molar-refractivity contribution in [2.75, 3.05) is 6.61 Å². The van der Waals surface area contributed by atoms with Crippen molar-refractivity contribution >= 4 is 0 Å². The van der Waals surface area contributed by atoms with E-state index in [1.807, 2.05) is 6.07 Å². The van der Waals surface area contributed by atoms with Gasteiger partial charge in [0.1, 0.15) is 23.9 Å². The monoisotopic (exact) mass is 245 g/mol. The smallest absolute Gasteiger partial charge is 0.123 e. The van der Waals surface area contributed by atoms with Crippen molar-refractivity contribution in [1.29, 1.82) is 0 Å². The van der Waals surface area contributed by atoms with E-state index < -0.39 is 6.04 Å². The third-order valence-corrected chi connectivity index (χ3v) is 2.58. The summed E-state index contributed by atoms with van der Waals surface area (Å²) in [5.74, 6) is 0.842. The predicted molar refractivity (Wildman–Crippen MR) is 68.6 cm³/mol. The van der Waals surface area contributed by atoms with E-state index in [1.165, 1.54) is 6.07 Å². The highest BCUT2D eigenvalue weighted by molar-refractivity contribution is 5.35. The lowest BCUT2D eigenvalue weighted by atomic mass is 10.1. The van der Waals surface area contributed by atoms with Gasteiger partial charge < -0.3 is 20.7 Å². The summed E-state index contributed by atoms with van der Waals surface area (Å²) in [6.07, 6.45) is 0. The van der Waals surface area contributed by atoms with Crippen LogP contribution in [0.25, 0.3) is 0 Å². The minimum Gasteiger partial charge on any atom is -0.508 e. The maximum atomic E-state index is 9.65. The van der Waals surface area contributed by atoms with Gasteiger partial charge in [0.25, 0.3) is 0 Å². The van der Waals surface area contributed by atoms with Crippen molar-refractivity contribution in [1.82, 2.24) is 0 Å². The molecule has 1 atom stereocenters. The maximum absolute atomic E-state index is 9.65. The maximum Gasteiger partial charge on any atom is 0.123 e. The van der Waals surface area contributed by atoms with Crippen LogP contribution in [0.4, 0.5) is 0 Å². The molecule has 0 spiro atoms. The van der Waals surface area contributed by atoms with Gasteiger partial charge in [-0.3, -0.25) is 0 Å². The molecular weight excluding hydrogens is 230 g/mol. The number of phenols is 2. The number of rotatable bonds is 4. The number of phenolic OH excluding ortho intramolecular Hbond substituents is 2. The lowest BCUT2D eigenvalue weighted by molar-refractivity contribution is 0.286. The van der Waals surface area contributed by atoms with E-state index in [9.17, 15) is 10.2 Å². The van der Waals surface area contributed by atoms with E-state index in [0.29, 0.717) is 11.3 Å². The van der Waals surface area contributed by atoms with Crippen LogP contribution in [0.2, 0.25) is 0 Å². The molecule has 0 aliphatic carbocycles. The van der Waals surface area contributed by atoms with E-state index in [2.05, 4.69) is 0 Å². The predicted octanol–water partition coefficient (Wildman–Crippen LogP) is 2.18. The van der Waals surface area contributed by atoms with Gasteiger partial charge in [-0.1, -0.05) is 24.3 Å². The van der Waals surface area contributed by atoms with Crippen LogP contribution in [-0.2, 0) is 0 Å². The van der Waals surface area contributed by atoms with Gasteiger partial charge in [-0.15, -0.1) is 0 Å². The second-order valence-electron chi connectivity index (χ2n) is 3.97. The van der Waals surface area contributed by atoms with Gasteiger partial charge in [-0.05, 0) is 18.2 Å². The Hall–Kier alpha value is -2.20. The molecule has 0 radical (unpaired) electrons. The number of para-hydroxylation sites is 1. The first kappa shape index (κ1) is 12.3. The normalized spacial score (nSPS) is 12.1. The summed E-state index contributed by atoms with van der Waals surface area (Å²) >= 11 is 0. The van der Waals surface area contributed by atoms with Crippen LogP contribution in [0.1, 0.15) is 11.6 Å². The summed E-state index contributed by atoms with van der Waals surface area (Å²) in [5.41, 5.74) is 6.57. The van der Waals surface area contributed by atoms with Gasteiger partial charge >= 0.3 is 0 Å². The molecule has 0 aromatic heterocycles. The van der Waals surface area contributed by atoms with Crippen molar-refractivity contribution in [2.45, 2.75) is 6.04 Å². The number of aromatic hydroxyl groups is 2. The molecule has 0 saturated heterocycles. The van der Waals surface area contributed by atoms with Crippen molar-refractivity contribution in [3.8, 4) is 17.2 Å². The third kappa shape index (κ3) is 2.93. The largest absolute Gasteiger partial charge is 0.508 e. The van der Waals surface area contributed by atoms with Crippen LogP contribution in [0.5, 0.6) is 17.2 Å². The first-order valence-electron chi connectivity index (χ1n) is 5.62. The van der Waals surface area contributed by atoms with Gasteiger partial charge in [0, 0.05) is 11.6 Å². The fourth-order valence-corrected chi connectivity index (χ4v) is 1.65. The fourth-order valence-electron chi connectivity index (χ4n) is 1.65. The van der Waals surface area contributed by atoms with E-state index in [1.54, 1.807) is 36.4 Å². The van der Waals surface area contributed by atoms with Gasteiger partial charge in [-0.2, -0.15) is 0 Å². The summed E-state index contributed by atoms with van der Waals surface area (Å²) in [4.78, 5) is 0. The Bertz CT molecular complexity index is 528. The van der Waals surface area contributed by atoms with Gasteiger partial charge in [0.15, 0.2) is 0 Å². The van der Waals surface area contributed by atoms with Gasteiger partial charge in [0.05, 0.1) is 6.04 Å². The molecule has 0 aliphatic heterocycles. The van der Waals surface area contributed by atoms with Crippen LogP contribution in [-0.4, -0.2) is 16.8 Å². The molecule has 1 unspecified atom stereocenters. The summed E-state index contributed by atoms with van der Waals surface area (Å²) in [5, 5.41) is 18.9. The highest BCUT2D eigenvalue weighted by Crippen LogP contribution is 2.23. The third-order valence-electron chi connectivity index (χ3n) is 2.58. The summed E-state index contributed by atoms with van der Waals surface area (Å²) in [6.45, 7) is 0.223. The molecule has 4 heteroatoms. The lowest BCUT2D eigenvalue weighted by Crippen LogP contribution is -2.19. The van der Waals surface area contributed by atoms with E-state index in [-0.39, 0.29) is 18.1 Å². The summed E-state index contributed by atoms with van der Waals surface area (Å²) in [6, 6.07) is 13.0. The Morgan fingerprint density at radius 1 is 1.06 bits per heavy atom.